The van der Waals surface area contributed by atoms with Gasteiger partial charge in [-0.25, -0.2) is 18.0 Å². The van der Waals surface area contributed by atoms with Gasteiger partial charge in [-0.2, -0.15) is 0 Å². The summed E-state index contributed by atoms with van der Waals surface area (Å²) in [6.45, 7) is 0. The third-order valence-corrected chi connectivity index (χ3v) is 4.10. The van der Waals surface area contributed by atoms with Gasteiger partial charge in [-0.3, -0.25) is 15.0 Å². The number of non-ortho nitro benzene ring substituents is 1. The normalized spacial score (nSPS) is 10.6. The number of amides is 2. The maximum absolute atomic E-state index is 14.3. The third-order valence-electron chi connectivity index (χ3n) is 4.10. The number of hydrogen-bond acceptors (Lipinski definition) is 4. The Bertz CT molecular complexity index is 1140. The van der Waals surface area contributed by atoms with E-state index in [-0.39, 0.29) is 22.5 Å². The molecule has 0 atom stereocenters. The fourth-order valence-electron chi connectivity index (χ4n) is 2.81. The number of carbonyl (C=O) groups excluding carboxylic acids is 1. The number of halogens is 3. The minimum absolute atomic E-state index is 0.0274. The standard InChI is InChI=1S/C19H12F3N3O4/c20-13-7-6-12(17(21)18(13)22)11-3-1-2-4-14(11)24(19(23)27)15-8-5-10(25(28)29)9-16(15)26/h1-9,26H,(H2,23,27). The van der Waals surface area contributed by atoms with Gasteiger partial charge in [-0.05, 0) is 24.3 Å². The van der Waals surface area contributed by atoms with E-state index >= 15 is 0 Å². The highest BCUT2D eigenvalue weighted by molar-refractivity contribution is 6.03. The number of nitrogens with zero attached hydrogens (tertiary/aromatic N) is 2. The lowest BCUT2D eigenvalue weighted by Crippen LogP contribution is -2.32. The molecule has 7 nitrogen and oxygen atoms in total. The van der Waals surface area contributed by atoms with Gasteiger partial charge in [0.1, 0.15) is 5.75 Å². The number of nitro groups is 1. The van der Waals surface area contributed by atoms with E-state index < -0.39 is 39.8 Å². The van der Waals surface area contributed by atoms with Crippen molar-refractivity contribution in [3.63, 3.8) is 0 Å². The van der Waals surface area contributed by atoms with Crippen LogP contribution in [0.2, 0.25) is 0 Å². The van der Waals surface area contributed by atoms with E-state index in [1.54, 1.807) is 0 Å². The molecule has 0 aliphatic carbocycles. The topological polar surface area (TPSA) is 110 Å². The number of benzene rings is 3. The Morgan fingerprint density at radius 2 is 1.66 bits per heavy atom. The molecule has 3 N–H and O–H groups in total. The molecule has 0 bridgehead atoms. The van der Waals surface area contributed by atoms with Gasteiger partial charge < -0.3 is 10.8 Å². The predicted octanol–water partition coefficient (Wildman–Crippen LogP) is 4.60. The van der Waals surface area contributed by atoms with Crippen LogP contribution in [0.4, 0.5) is 35.0 Å². The molecule has 2 amide bonds. The second-order valence-corrected chi connectivity index (χ2v) is 5.84. The summed E-state index contributed by atoms with van der Waals surface area (Å²) in [5.41, 5.74) is 4.32. The van der Waals surface area contributed by atoms with E-state index in [1.165, 1.54) is 24.3 Å². The first-order chi connectivity index (χ1) is 13.7. The van der Waals surface area contributed by atoms with Crippen molar-refractivity contribution in [3.8, 4) is 16.9 Å². The summed E-state index contributed by atoms with van der Waals surface area (Å²) in [6, 6.07) is 9.14. The smallest absolute Gasteiger partial charge is 0.324 e. The molecule has 0 fully saturated rings. The van der Waals surface area contributed by atoms with Crippen molar-refractivity contribution < 1.29 is 28.0 Å². The van der Waals surface area contributed by atoms with Crippen LogP contribution in [0.15, 0.2) is 54.6 Å². The third kappa shape index (κ3) is 3.55. The van der Waals surface area contributed by atoms with Gasteiger partial charge in [0.05, 0.1) is 22.4 Å². The van der Waals surface area contributed by atoms with E-state index in [2.05, 4.69) is 0 Å². The van der Waals surface area contributed by atoms with Crippen molar-refractivity contribution in [2.75, 3.05) is 4.90 Å². The Labute approximate surface area is 161 Å². The number of phenols is 1. The number of anilines is 2. The minimum Gasteiger partial charge on any atom is -0.505 e. The molecule has 0 saturated heterocycles. The number of primary amides is 1. The van der Waals surface area contributed by atoms with Gasteiger partial charge >= 0.3 is 6.03 Å². The van der Waals surface area contributed by atoms with Crippen molar-refractivity contribution in [2.24, 2.45) is 5.73 Å². The van der Waals surface area contributed by atoms with Crippen LogP contribution in [0.1, 0.15) is 0 Å². The monoisotopic (exact) mass is 403 g/mol. The van der Waals surface area contributed by atoms with Crippen molar-refractivity contribution in [1.82, 2.24) is 0 Å². The molecule has 0 aliphatic heterocycles. The van der Waals surface area contributed by atoms with Crippen LogP contribution < -0.4 is 10.6 Å². The van der Waals surface area contributed by atoms with Crippen LogP contribution in [-0.2, 0) is 0 Å². The number of para-hydroxylation sites is 1. The molecule has 0 radical (unpaired) electrons. The number of nitro benzene ring substituents is 1. The van der Waals surface area contributed by atoms with Crippen molar-refractivity contribution in [2.45, 2.75) is 0 Å². The summed E-state index contributed by atoms with van der Waals surface area (Å²) in [6.07, 6.45) is 0. The molecule has 29 heavy (non-hydrogen) atoms. The fraction of sp³-hybridized carbons (Fsp3) is 0. The highest BCUT2D eigenvalue weighted by Gasteiger charge is 2.25. The molecule has 3 aromatic rings. The number of rotatable bonds is 4. The summed E-state index contributed by atoms with van der Waals surface area (Å²) < 4.78 is 41.4. The molecular weight excluding hydrogens is 391 g/mol. The molecule has 0 aliphatic rings. The molecule has 3 aromatic carbocycles. The van der Waals surface area contributed by atoms with E-state index in [0.29, 0.717) is 0 Å². The Kier molecular flexibility index (Phi) is 5.09. The van der Waals surface area contributed by atoms with Gasteiger partial charge in [-0.15, -0.1) is 0 Å². The van der Waals surface area contributed by atoms with E-state index in [0.717, 1.165) is 35.2 Å². The van der Waals surface area contributed by atoms with Gasteiger partial charge in [0.25, 0.3) is 5.69 Å². The van der Waals surface area contributed by atoms with Crippen LogP contribution >= 0.6 is 0 Å². The first-order valence-corrected chi connectivity index (χ1v) is 8.02. The summed E-state index contributed by atoms with van der Waals surface area (Å²) >= 11 is 0. The summed E-state index contributed by atoms with van der Waals surface area (Å²) in [4.78, 5) is 23.0. The molecule has 0 unspecified atom stereocenters. The zero-order valence-corrected chi connectivity index (χ0v) is 14.5. The lowest BCUT2D eigenvalue weighted by Gasteiger charge is -2.24. The zero-order chi connectivity index (χ0) is 21.3. The van der Waals surface area contributed by atoms with Crippen molar-refractivity contribution in [1.29, 1.82) is 0 Å². The summed E-state index contributed by atoms with van der Waals surface area (Å²) in [7, 11) is 0. The number of urea groups is 1. The van der Waals surface area contributed by atoms with Crippen LogP contribution in [0.5, 0.6) is 5.75 Å². The average molecular weight is 403 g/mol. The molecule has 10 heteroatoms. The number of nitrogens with two attached hydrogens (primary N) is 1. The van der Waals surface area contributed by atoms with Gasteiger partial charge in [0.2, 0.25) is 0 Å². The number of phenolic OH excluding ortho intramolecular Hbond substituents is 1. The van der Waals surface area contributed by atoms with Crippen LogP contribution in [0.25, 0.3) is 11.1 Å². The second-order valence-electron chi connectivity index (χ2n) is 5.84. The fourth-order valence-corrected chi connectivity index (χ4v) is 2.81. The largest absolute Gasteiger partial charge is 0.505 e. The van der Waals surface area contributed by atoms with Crippen LogP contribution in [0.3, 0.4) is 0 Å². The lowest BCUT2D eigenvalue weighted by molar-refractivity contribution is -0.384. The minimum atomic E-state index is -1.69. The first kappa shape index (κ1) is 19.7. The van der Waals surface area contributed by atoms with Crippen molar-refractivity contribution >= 4 is 23.1 Å². The Morgan fingerprint density at radius 1 is 0.966 bits per heavy atom. The molecule has 148 valence electrons. The number of aromatic hydroxyl groups is 1. The molecule has 0 heterocycles. The van der Waals surface area contributed by atoms with Gasteiger partial charge in [0.15, 0.2) is 17.5 Å². The van der Waals surface area contributed by atoms with E-state index in [9.17, 15) is 33.2 Å². The average Bonchev–Trinajstić information content (AvgIpc) is 2.68. The zero-order valence-electron chi connectivity index (χ0n) is 14.5. The Morgan fingerprint density at radius 3 is 2.28 bits per heavy atom. The van der Waals surface area contributed by atoms with Gasteiger partial charge in [-0.1, -0.05) is 18.2 Å². The summed E-state index contributed by atoms with van der Waals surface area (Å²) in [5, 5.41) is 21.0. The summed E-state index contributed by atoms with van der Waals surface area (Å²) in [5.74, 6) is -5.20. The van der Waals surface area contributed by atoms with Gasteiger partial charge in [0, 0.05) is 17.2 Å². The molecule has 3 rings (SSSR count). The quantitative estimate of drug-likeness (QED) is 0.377. The molecule has 0 spiro atoms. The van der Waals surface area contributed by atoms with Crippen LogP contribution in [0, 0.1) is 27.6 Å². The maximum atomic E-state index is 14.3. The predicted molar refractivity (Wildman–Crippen MR) is 98.2 cm³/mol. The molecule has 0 aromatic heterocycles. The van der Waals surface area contributed by atoms with E-state index in [1.807, 2.05) is 0 Å². The van der Waals surface area contributed by atoms with Crippen molar-refractivity contribution in [3.05, 3.63) is 82.2 Å². The highest BCUT2D eigenvalue weighted by Crippen LogP contribution is 2.41. The number of carbonyl (C=O) groups is 1. The maximum Gasteiger partial charge on any atom is 0.324 e. The molecule has 0 saturated carbocycles. The molecular formula is C19H12F3N3O4. The highest BCUT2D eigenvalue weighted by atomic mass is 19.2. The first-order valence-electron chi connectivity index (χ1n) is 8.02. The Hall–Kier alpha value is -4.08. The van der Waals surface area contributed by atoms with Crippen LogP contribution in [-0.4, -0.2) is 16.1 Å². The SMILES string of the molecule is NC(=O)N(c1ccc([N+](=O)[O-])cc1O)c1ccccc1-c1ccc(F)c(F)c1F. The lowest BCUT2D eigenvalue weighted by atomic mass is 10.0. The number of hydrogen-bond donors (Lipinski definition) is 2. The second kappa shape index (κ2) is 7.50. The Balaban J connectivity index is 2.23. The van der Waals surface area contributed by atoms with E-state index in [4.69, 9.17) is 5.73 Å².